The molecule has 5 heteroatoms. The molecule has 0 bridgehead atoms. The van der Waals surface area contributed by atoms with Crippen molar-refractivity contribution < 1.29 is 4.74 Å². The van der Waals surface area contributed by atoms with E-state index in [9.17, 15) is 0 Å². The van der Waals surface area contributed by atoms with Crippen molar-refractivity contribution in [2.45, 2.75) is 32.2 Å². The zero-order valence-corrected chi connectivity index (χ0v) is 16.1. The van der Waals surface area contributed by atoms with E-state index in [4.69, 9.17) is 4.74 Å². The van der Waals surface area contributed by atoms with Gasteiger partial charge in [-0.3, -0.25) is 14.8 Å². The lowest BCUT2D eigenvalue weighted by atomic mass is 9.78. The maximum Gasteiger partial charge on any atom is 0.0593 e. The second kappa shape index (κ2) is 8.79. The van der Waals surface area contributed by atoms with Gasteiger partial charge in [-0.2, -0.15) is 0 Å². The summed E-state index contributed by atoms with van der Waals surface area (Å²) in [5, 5.41) is 0. The lowest BCUT2D eigenvalue weighted by Gasteiger charge is -2.42. The molecule has 144 valence electrons. The molecule has 3 saturated heterocycles. The molecule has 0 saturated carbocycles. The maximum atomic E-state index is 6.06. The fraction of sp³-hybridized carbons (Fsp3) is 0.762. The Bertz CT molecular complexity index is 538. The molecule has 26 heavy (non-hydrogen) atoms. The number of ether oxygens (including phenoxy) is 1. The van der Waals surface area contributed by atoms with E-state index >= 15 is 0 Å². The van der Waals surface area contributed by atoms with Crippen LogP contribution in [0.5, 0.6) is 0 Å². The van der Waals surface area contributed by atoms with Crippen molar-refractivity contribution in [1.29, 1.82) is 0 Å². The number of nitrogens with zero attached hydrogens (tertiary/aromatic N) is 4. The first-order valence-corrected chi connectivity index (χ1v) is 10.5. The molecule has 3 aliphatic heterocycles. The van der Waals surface area contributed by atoms with Gasteiger partial charge in [0.05, 0.1) is 18.9 Å². The number of hydrogen-bond acceptors (Lipinski definition) is 5. The van der Waals surface area contributed by atoms with Gasteiger partial charge in [0.25, 0.3) is 0 Å². The predicted octanol–water partition coefficient (Wildman–Crippen LogP) is 2.09. The quantitative estimate of drug-likeness (QED) is 0.805. The first kappa shape index (κ1) is 18.4. The Labute approximate surface area is 158 Å². The van der Waals surface area contributed by atoms with E-state index in [1.165, 1.54) is 77.2 Å². The van der Waals surface area contributed by atoms with Crippen LogP contribution < -0.4 is 0 Å². The highest BCUT2D eigenvalue weighted by Crippen LogP contribution is 2.34. The summed E-state index contributed by atoms with van der Waals surface area (Å²) >= 11 is 0. The summed E-state index contributed by atoms with van der Waals surface area (Å²) < 4.78 is 6.06. The number of aromatic nitrogens is 1. The van der Waals surface area contributed by atoms with Gasteiger partial charge < -0.3 is 9.64 Å². The summed E-state index contributed by atoms with van der Waals surface area (Å²) in [5.41, 5.74) is 1.55. The van der Waals surface area contributed by atoms with Crippen LogP contribution in [0, 0.1) is 5.41 Å². The summed E-state index contributed by atoms with van der Waals surface area (Å²) in [6.45, 7) is 12.5. The van der Waals surface area contributed by atoms with Crippen LogP contribution in [0.25, 0.3) is 0 Å². The van der Waals surface area contributed by atoms with Crippen LogP contribution >= 0.6 is 0 Å². The lowest BCUT2D eigenvalue weighted by molar-refractivity contribution is 0.0123. The van der Waals surface area contributed by atoms with Gasteiger partial charge in [-0.1, -0.05) is 6.07 Å². The second-order valence-electron chi connectivity index (χ2n) is 8.47. The highest BCUT2D eigenvalue weighted by Gasteiger charge is 2.38. The van der Waals surface area contributed by atoms with Gasteiger partial charge in [0, 0.05) is 44.3 Å². The average Bonchev–Trinajstić information content (AvgIpc) is 3.12. The third kappa shape index (κ3) is 4.83. The molecule has 3 aliphatic rings. The van der Waals surface area contributed by atoms with E-state index in [2.05, 4.69) is 31.8 Å². The third-order valence-corrected chi connectivity index (χ3v) is 6.48. The van der Waals surface area contributed by atoms with Crippen LogP contribution in [0.1, 0.15) is 31.4 Å². The predicted molar refractivity (Wildman–Crippen MR) is 104 cm³/mol. The molecule has 3 fully saturated rings. The Hall–Kier alpha value is -1.01. The Kier molecular flexibility index (Phi) is 6.20. The summed E-state index contributed by atoms with van der Waals surface area (Å²) in [5.74, 6) is 0. The standard InChI is InChI=1S/C21H34N4O/c1-2-8-22-20(5-1)17-24-11-6-21(7-12-24)18-25(15-16-26-19-21)14-13-23-9-3-4-10-23/h1-2,5,8H,3-4,6-7,9-19H2. The average molecular weight is 359 g/mol. The van der Waals surface area contributed by atoms with E-state index in [0.717, 1.165) is 26.3 Å². The minimum atomic E-state index is 0.363. The fourth-order valence-electron chi connectivity index (χ4n) is 4.77. The van der Waals surface area contributed by atoms with Crippen molar-refractivity contribution in [3.05, 3.63) is 30.1 Å². The van der Waals surface area contributed by atoms with E-state index in [1.54, 1.807) is 0 Å². The fourth-order valence-corrected chi connectivity index (χ4v) is 4.77. The molecule has 0 aromatic carbocycles. The molecule has 0 aliphatic carbocycles. The van der Waals surface area contributed by atoms with E-state index in [1.807, 2.05) is 12.3 Å². The van der Waals surface area contributed by atoms with Crippen molar-refractivity contribution in [3.8, 4) is 0 Å². The van der Waals surface area contributed by atoms with Crippen LogP contribution in [-0.4, -0.2) is 85.3 Å². The maximum absolute atomic E-state index is 6.06. The summed E-state index contributed by atoms with van der Waals surface area (Å²) in [4.78, 5) is 12.4. The Balaban J connectivity index is 1.28. The van der Waals surface area contributed by atoms with Gasteiger partial charge in [0.1, 0.15) is 0 Å². The number of likely N-dealkylation sites (tertiary alicyclic amines) is 2. The first-order valence-electron chi connectivity index (χ1n) is 10.5. The van der Waals surface area contributed by atoms with Crippen LogP contribution in [0.3, 0.4) is 0 Å². The van der Waals surface area contributed by atoms with Crippen molar-refractivity contribution in [2.24, 2.45) is 5.41 Å². The number of rotatable bonds is 5. The SMILES string of the molecule is c1ccc(CN2CCC3(CC2)COCCN(CCN2CCCC2)C3)nc1. The highest BCUT2D eigenvalue weighted by molar-refractivity contribution is 5.04. The Morgan fingerprint density at radius 3 is 2.50 bits per heavy atom. The number of piperidine rings is 1. The van der Waals surface area contributed by atoms with Crippen molar-refractivity contribution in [3.63, 3.8) is 0 Å². The van der Waals surface area contributed by atoms with Gasteiger partial charge in [-0.05, 0) is 64.0 Å². The normalized spacial score (nSPS) is 25.5. The molecule has 0 amide bonds. The molecule has 4 heterocycles. The summed E-state index contributed by atoms with van der Waals surface area (Å²) in [6.07, 6.45) is 7.18. The summed E-state index contributed by atoms with van der Waals surface area (Å²) in [7, 11) is 0. The summed E-state index contributed by atoms with van der Waals surface area (Å²) in [6, 6.07) is 6.22. The minimum Gasteiger partial charge on any atom is -0.379 e. The largest absolute Gasteiger partial charge is 0.379 e. The van der Waals surface area contributed by atoms with Crippen molar-refractivity contribution in [1.82, 2.24) is 19.7 Å². The van der Waals surface area contributed by atoms with Crippen LogP contribution in [0.2, 0.25) is 0 Å². The minimum absolute atomic E-state index is 0.363. The molecule has 4 rings (SSSR count). The van der Waals surface area contributed by atoms with Crippen LogP contribution in [0.4, 0.5) is 0 Å². The molecule has 5 nitrogen and oxygen atoms in total. The topological polar surface area (TPSA) is 31.8 Å². The molecule has 0 N–H and O–H groups in total. The number of pyridine rings is 1. The van der Waals surface area contributed by atoms with Crippen molar-refractivity contribution in [2.75, 3.05) is 65.6 Å². The first-order chi connectivity index (χ1) is 12.8. The monoisotopic (exact) mass is 358 g/mol. The van der Waals surface area contributed by atoms with E-state index in [0.29, 0.717) is 5.41 Å². The van der Waals surface area contributed by atoms with Crippen LogP contribution in [-0.2, 0) is 11.3 Å². The molecule has 0 unspecified atom stereocenters. The van der Waals surface area contributed by atoms with E-state index in [-0.39, 0.29) is 0 Å². The van der Waals surface area contributed by atoms with Gasteiger partial charge >= 0.3 is 0 Å². The van der Waals surface area contributed by atoms with Gasteiger partial charge in [0.2, 0.25) is 0 Å². The third-order valence-electron chi connectivity index (χ3n) is 6.48. The molecule has 0 atom stereocenters. The molecule has 1 aromatic heterocycles. The zero-order valence-electron chi connectivity index (χ0n) is 16.1. The van der Waals surface area contributed by atoms with Crippen molar-refractivity contribution >= 4 is 0 Å². The van der Waals surface area contributed by atoms with E-state index < -0.39 is 0 Å². The smallest absolute Gasteiger partial charge is 0.0593 e. The molecule has 0 radical (unpaired) electrons. The van der Waals surface area contributed by atoms with Gasteiger partial charge in [-0.15, -0.1) is 0 Å². The molecular formula is C21H34N4O. The zero-order chi connectivity index (χ0) is 17.7. The number of hydrogen-bond donors (Lipinski definition) is 0. The second-order valence-corrected chi connectivity index (χ2v) is 8.47. The Morgan fingerprint density at radius 1 is 0.923 bits per heavy atom. The highest BCUT2D eigenvalue weighted by atomic mass is 16.5. The molecule has 1 spiro atoms. The lowest BCUT2D eigenvalue weighted by Crippen LogP contribution is -2.48. The van der Waals surface area contributed by atoms with Gasteiger partial charge in [-0.25, -0.2) is 0 Å². The van der Waals surface area contributed by atoms with Crippen LogP contribution in [0.15, 0.2) is 24.4 Å². The molecular weight excluding hydrogens is 324 g/mol. The molecule has 1 aromatic rings. The van der Waals surface area contributed by atoms with Gasteiger partial charge in [0.15, 0.2) is 0 Å². The Morgan fingerprint density at radius 2 is 1.73 bits per heavy atom.